The van der Waals surface area contributed by atoms with Gasteiger partial charge in [0.05, 0.1) is 0 Å². The second kappa shape index (κ2) is 4.69. The molecular weight excluding hydrogens is 312 g/mol. The van der Waals surface area contributed by atoms with Crippen molar-refractivity contribution in [3.05, 3.63) is 34.3 Å². The van der Waals surface area contributed by atoms with Crippen LogP contribution in [0, 0.1) is 23.2 Å². The van der Waals surface area contributed by atoms with Gasteiger partial charge in [-0.1, -0.05) is 28.1 Å². The fraction of sp³-hybridized carbons (Fsp3) is 0.611. The number of ketones is 1. The zero-order valence-electron chi connectivity index (χ0n) is 11.8. The fourth-order valence-electron chi connectivity index (χ4n) is 5.43. The molecule has 4 fully saturated rings. The van der Waals surface area contributed by atoms with E-state index in [1.54, 1.807) is 0 Å². The number of carbonyl (C=O) groups is 1. The Hall–Kier alpha value is -0.630. The first-order valence-corrected chi connectivity index (χ1v) is 8.70. The molecule has 4 bridgehead atoms. The van der Waals surface area contributed by atoms with E-state index in [1.807, 2.05) is 12.1 Å². The molecule has 106 valence electrons. The Balaban J connectivity index is 1.54. The average Bonchev–Trinajstić information content (AvgIpc) is 2.40. The topological polar surface area (TPSA) is 17.1 Å². The maximum atomic E-state index is 12.9. The largest absolute Gasteiger partial charge is 0.299 e. The maximum absolute atomic E-state index is 12.9. The first kappa shape index (κ1) is 13.1. The lowest BCUT2D eigenvalue weighted by Gasteiger charge is -2.56. The first-order valence-electron chi connectivity index (χ1n) is 7.91. The van der Waals surface area contributed by atoms with Gasteiger partial charge in [0.2, 0.25) is 0 Å². The van der Waals surface area contributed by atoms with E-state index in [-0.39, 0.29) is 5.41 Å². The van der Waals surface area contributed by atoms with E-state index in [9.17, 15) is 4.79 Å². The van der Waals surface area contributed by atoms with Gasteiger partial charge in [-0.2, -0.15) is 0 Å². The molecule has 1 nitrogen and oxygen atoms in total. The molecule has 0 aromatic heterocycles. The third-order valence-electron chi connectivity index (χ3n) is 5.91. The number of carbonyl (C=O) groups excluding carboxylic acids is 1. The maximum Gasteiger partial charge on any atom is 0.143 e. The summed E-state index contributed by atoms with van der Waals surface area (Å²) in [7, 11) is 0. The molecule has 20 heavy (non-hydrogen) atoms. The monoisotopic (exact) mass is 332 g/mol. The van der Waals surface area contributed by atoms with Crippen LogP contribution in [0.2, 0.25) is 0 Å². The van der Waals surface area contributed by atoms with Gasteiger partial charge in [-0.25, -0.2) is 0 Å². The van der Waals surface area contributed by atoms with Crippen LogP contribution >= 0.6 is 15.9 Å². The number of hydrogen-bond donors (Lipinski definition) is 0. The van der Waals surface area contributed by atoms with E-state index in [2.05, 4.69) is 28.1 Å². The molecule has 0 saturated heterocycles. The van der Waals surface area contributed by atoms with Crippen LogP contribution in [0.1, 0.15) is 44.1 Å². The summed E-state index contributed by atoms with van der Waals surface area (Å²) >= 11 is 3.46. The molecule has 0 radical (unpaired) electrons. The molecule has 1 aromatic rings. The predicted molar refractivity (Wildman–Crippen MR) is 83.5 cm³/mol. The van der Waals surface area contributed by atoms with Gasteiger partial charge in [0.25, 0.3) is 0 Å². The van der Waals surface area contributed by atoms with E-state index in [0.29, 0.717) is 12.2 Å². The van der Waals surface area contributed by atoms with Gasteiger partial charge in [-0.05, 0) is 74.0 Å². The lowest BCUT2D eigenvalue weighted by Crippen LogP contribution is -2.50. The number of rotatable bonds is 3. The minimum absolute atomic E-state index is 0.0574. The highest BCUT2D eigenvalue weighted by Gasteiger charge is 2.53. The van der Waals surface area contributed by atoms with Crippen LogP contribution in [-0.4, -0.2) is 5.78 Å². The SMILES string of the molecule is O=C(Cc1ccc(Br)cc1)C12CC3CC(CC(C3)C1)C2. The van der Waals surface area contributed by atoms with E-state index in [0.717, 1.165) is 22.2 Å². The van der Waals surface area contributed by atoms with Crippen LogP contribution in [0.5, 0.6) is 0 Å². The second-order valence-electron chi connectivity index (χ2n) is 7.42. The van der Waals surface area contributed by atoms with E-state index in [1.165, 1.54) is 44.1 Å². The van der Waals surface area contributed by atoms with Gasteiger partial charge < -0.3 is 0 Å². The summed E-state index contributed by atoms with van der Waals surface area (Å²) in [5.74, 6) is 3.10. The Morgan fingerprint density at radius 3 is 2.00 bits per heavy atom. The van der Waals surface area contributed by atoms with Crippen molar-refractivity contribution >= 4 is 21.7 Å². The molecule has 4 aliphatic rings. The molecule has 4 saturated carbocycles. The number of benzene rings is 1. The zero-order chi connectivity index (χ0) is 13.7. The predicted octanol–water partition coefficient (Wildman–Crippen LogP) is 4.78. The van der Waals surface area contributed by atoms with Crippen LogP contribution < -0.4 is 0 Å². The van der Waals surface area contributed by atoms with Gasteiger partial charge in [-0.3, -0.25) is 4.79 Å². The summed E-state index contributed by atoms with van der Waals surface area (Å²) < 4.78 is 1.09. The normalized spacial score (nSPS) is 38.1. The molecule has 2 heteroatoms. The highest BCUT2D eigenvalue weighted by Crippen LogP contribution is 2.60. The Kier molecular flexibility index (Phi) is 3.06. The lowest BCUT2D eigenvalue weighted by molar-refractivity contribution is -0.143. The molecule has 0 spiro atoms. The van der Waals surface area contributed by atoms with Crippen molar-refractivity contribution in [3.8, 4) is 0 Å². The minimum Gasteiger partial charge on any atom is -0.299 e. The molecule has 4 aliphatic carbocycles. The van der Waals surface area contributed by atoms with E-state index >= 15 is 0 Å². The van der Waals surface area contributed by atoms with Crippen LogP contribution in [0.15, 0.2) is 28.7 Å². The van der Waals surface area contributed by atoms with Crippen molar-refractivity contribution in [3.63, 3.8) is 0 Å². The van der Waals surface area contributed by atoms with E-state index < -0.39 is 0 Å². The first-order chi connectivity index (χ1) is 9.63. The summed E-state index contributed by atoms with van der Waals surface area (Å²) in [5, 5.41) is 0. The van der Waals surface area contributed by atoms with Crippen LogP contribution in [-0.2, 0) is 11.2 Å². The van der Waals surface area contributed by atoms with Gasteiger partial charge in [-0.15, -0.1) is 0 Å². The molecular formula is C18H21BrO. The van der Waals surface area contributed by atoms with Crippen LogP contribution in [0.4, 0.5) is 0 Å². The molecule has 0 unspecified atom stereocenters. The smallest absolute Gasteiger partial charge is 0.143 e. The molecule has 0 N–H and O–H groups in total. The Labute approximate surface area is 129 Å². The van der Waals surface area contributed by atoms with E-state index in [4.69, 9.17) is 0 Å². The molecule has 1 aromatic carbocycles. The summed E-state index contributed by atoms with van der Waals surface area (Å²) in [6, 6.07) is 8.26. The second-order valence-corrected chi connectivity index (χ2v) is 8.34. The van der Waals surface area contributed by atoms with Gasteiger partial charge in [0.15, 0.2) is 0 Å². The summed E-state index contributed by atoms with van der Waals surface area (Å²) in [6.07, 6.45) is 8.43. The third kappa shape index (κ3) is 2.16. The van der Waals surface area contributed by atoms with Gasteiger partial charge in [0.1, 0.15) is 5.78 Å². The fourth-order valence-corrected chi connectivity index (χ4v) is 5.69. The summed E-state index contributed by atoms with van der Waals surface area (Å²) in [5.41, 5.74) is 1.23. The van der Waals surface area contributed by atoms with Crippen molar-refractivity contribution in [2.75, 3.05) is 0 Å². The molecule has 5 rings (SSSR count). The zero-order valence-corrected chi connectivity index (χ0v) is 13.4. The Bertz CT molecular complexity index is 496. The van der Waals surface area contributed by atoms with Crippen LogP contribution in [0.3, 0.4) is 0 Å². The molecule has 0 aliphatic heterocycles. The number of Topliss-reactive ketones (excluding diaryl/α,β-unsaturated/α-hetero) is 1. The molecule has 0 atom stereocenters. The highest BCUT2D eigenvalue weighted by atomic mass is 79.9. The Morgan fingerprint density at radius 2 is 1.50 bits per heavy atom. The highest BCUT2D eigenvalue weighted by molar-refractivity contribution is 9.10. The standard InChI is InChI=1S/C18H21BrO/c19-16-3-1-12(2-4-16)8-17(20)18-9-13-5-14(10-18)7-15(6-13)11-18/h1-4,13-15H,5-11H2. The lowest BCUT2D eigenvalue weighted by atomic mass is 9.48. The summed E-state index contributed by atoms with van der Waals surface area (Å²) in [6.45, 7) is 0. The van der Waals surface area contributed by atoms with Crippen molar-refractivity contribution in [2.45, 2.75) is 44.9 Å². The minimum atomic E-state index is 0.0574. The summed E-state index contributed by atoms with van der Waals surface area (Å²) in [4.78, 5) is 12.9. The van der Waals surface area contributed by atoms with Crippen molar-refractivity contribution in [1.29, 1.82) is 0 Å². The molecule has 0 heterocycles. The third-order valence-corrected chi connectivity index (χ3v) is 6.44. The number of halogens is 1. The average molecular weight is 333 g/mol. The van der Waals surface area contributed by atoms with Crippen molar-refractivity contribution in [2.24, 2.45) is 23.2 Å². The Morgan fingerprint density at radius 1 is 1.00 bits per heavy atom. The van der Waals surface area contributed by atoms with Crippen LogP contribution in [0.25, 0.3) is 0 Å². The molecule has 0 amide bonds. The van der Waals surface area contributed by atoms with Crippen molar-refractivity contribution in [1.82, 2.24) is 0 Å². The number of hydrogen-bond acceptors (Lipinski definition) is 1. The quantitative estimate of drug-likeness (QED) is 0.778. The van der Waals surface area contributed by atoms with Crippen molar-refractivity contribution < 1.29 is 4.79 Å². The van der Waals surface area contributed by atoms with Gasteiger partial charge in [0, 0.05) is 16.3 Å². The van der Waals surface area contributed by atoms with Gasteiger partial charge >= 0.3 is 0 Å².